The van der Waals surface area contributed by atoms with E-state index >= 15 is 0 Å². The Hall–Kier alpha value is -3.03. The van der Waals surface area contributed by atoms with Crippen LogP contribution >= 0.6 is 0 Å². The molecule has 8 heteroatoms. The average Bonchev–Trinajstić information content (AvgIpc) is 2.60. The number of carbonyl (C=O) groups is 1. The van der Waals surface area contributed by atoms with Crippen LogP contribution in [-0.4, -0.2) is 30.3 Å². The summed E-state index contributed by atoms with van der Waals surface area (Å²) in [5, 5.41) is 3.99. The van der Waals surface area contributed by atoms with Crippen molar-refractivity contribution >= 4 is 11.6 Å². The van der Waals surface area contributed by atoms with Crippen LogP contribution in [-0.2, 0) is 0 Å². The maximum Gasteiger partial charge on any atom is 0.387 e. The Kier molecular flexibility index (Phi) is 5.78. The molecule has 0 atom stereocenters. The fraction of sp³-hybridized carbons (Fsp3) is 0.188. The first kappa shape index (κ1) is 17.3. The van der Waals surface area contributed by atoms with Crippen molar-refractivity contribution in [3.63, 3.8) is 0 Å². The first-order valence-corrected chi connectivity index (χ1v) is 6.89. The second kappa shape index (κ2) is 8.00. The molecule has 1 amide bonds. The van der Waals surface area contributed by atoms with Crippen molar-refractivity contribution in [1.82, 2.24) is 10.4 Å². The number of rotatable bonds is 6. The molecule has 0 saturated heterocycles. The Bertz CT molecular complexity index is 737. The van der Waals surface area contributed by atoms with E-state index in [1.165, 1.54) is 37.7 Å². The summed E-state index contributed by atoms with van der Waals surface area (Å²) in [4.78, 5) is 15.7. The van der Waals surface area contributed by atoms with Crippen LogP contribution in [0.25, 0.3) is 0 Å². The van der Waals surface area contributed by atoms with Crippen molar-refractivity contribution in [3.8, 4) is 11.5 Å². The van der Waals surface area contributed by atoms with Gasteiger partial charge >= 0.3 is 6.61 Å². The van der Waals surface area contributed by atoms with Crippen molar-refractivity contribution in [3.05, 3.63) is 53.9 Å². The monoisotopic (exact) mass is 335 g/mol. The lowest BCUT2D eigenvalue weighted by Gasteiger charge is -2.11. The molecule has 2 aromatic rings. The van der Waals surface area contributed by atoms with Crippen molar-refractivity contribution in [2.75, 3.05) is 7.11 Å². The number of carbonyl (C=O) groups excluding carboxylic acids is 1. The number of benzene rings is 1. The third-order valence-electron chi connectivity index (χ3n) is 3.07. The van der Waals surface area contributed by atoms with E-state index in [1.54, 1.807) is 19.1 Å². The molecular formula is C16H15F2N3O3. The summed E-state index contributed by atoms with van der Waals surface area (Å²) in [5.41, 5.74) is 3.89. The maximum absolute atomic E-state index is 12.3. The van der Waals surface area contributed by atoms with Crippen LogP contribution in [0.4, 0.5) is 8.78 Å². The predicted molar refractivity (Wildman–Crippen MR) is 83.5 cm³/mol. The smallest absolute Gasteiger partial charge is 0.387 e. The van der Waals surface area contributed by atoms with E-state index in [0.29, 0.717) is 16.8 Å². The van der Waals surface area contributed by atoms with Crippen LogP contribution in [0.1, 0.15) is 22.8 Å². The number of hydrogen-bond acceptors (Lipinski definition) is 5. The Balaban J connectivity index is 2.14. The van der Waals surface area contributed by atoms with Gasteiger partial charge in [-0.15, -0.1) is 0 Å². The molecule has 0 bridgehead atoms. The molecule has 0 aliphatic carbocycles. The number of halogens is 2. The summed E-state index contributed by atoms with van der Waals surface area (Å²) in [6, 6.07) is 7.50. The summed E-state index contributed by atoms with van der Waals surface area (Å²) >= 11 is 0. The number of alkyl halides is 2. The van der Waals surface area contributed by atoms with Gasteiger partial charge in [-0.2, -0.15) is 13.9 Å². The largest absolute Gasteiger partial charge is 0.493 e. The molecule has 0 aliphatic rings. The number of nitrogens with one attached hydrogen (secondary N) is 1. The van der Waals surface area contributed by atoms with E-state index in [2.05, 4.69) is 20.2 Å². The quantitative estimate of drug-likeness (QED) is 0.651. The molecule has 0 radical (unpaired) electrons. The molecule has 2 rings (SSSR count). The number of hydrogen-bond donors (Lipinski definition) is 1. The van der Waals surface area contributed by atoms with E-state index in [-0.39, 0.29) is 17.4 Å². The number of aromatic nitrogens is 1. The Morgan fingerprint density at radius 3 is 2.50 bits per heavy atom. The first-order valence-electron chi connectivity index (χ1n) is 6.89. The maximum atomic E-state index is 12.3. The minimum absolute atomic E-state index is 0.0788. The highest BCUT2D eigenvalue weighted by Crippen LogP contribution is 2.29. The van der Waals surface area contributed by atoms with Gasteiger partial charge in [0.25, 0.3) is 5.91 Å². The van der Waals surface area contributed by atoms with E-state index in [1.807, 2.05) is 0 Å². The van der Waals surface area contributed by atoms with Crippen molar-refractivity contribution in [1.29, 1.82) is 0 Å². The molecule has 0 saturated carbocycles. The molecule has 6 nitrogen and oxygen atoms in total. The second-order valence-corrected chi connectivity index (χ2v) is 4.62. The van der Waals surface area contributed by atoms with Gasteiger partial charge < -0.3 is 9.47 Å². The van der Waals surface area contributed by atoms with Crippen LogP contribution in [0.15, 0.2) is 47.8 Å². The molecule has 0 fully saturated rings. The first-order chi connectivity index (χ1) is 11.5. The van der Waals surface area contributed by atoms with Crippen LogP contribution in [0.5, 0.6) is 11.5 Å². The number of nitrogens with zero attached hydrogens (tertiary/aromatic N) is 2. The normalized spacial score (nSPS) is 11.3. The minimum Gasteiger partial charge on any atom is -0.493 e. The number of pyridine rings is 1. The van der Waals surface area contributed by atoms with Crippen LogP contribution in [0.2, 0.25) is 0 Å². The lowest BCUT2D eigenvalue weighted by molar-refractivity contribution is -0.0512. The van der Waals surface area contributed by atoms with E-state index in [0.717, 1.165) is 0 Å². The van der Waals surface area contributed by atoms with Gasteiger partial charge in [0.1, 0.15) is 0 Å². The predicted octanol–water partition coefficient (Wildman–Crippen LogP) is 2.85. The lowest BCUT2D eigenvalue weighted by atomic mass is 10.1. The fourth-order valence-electron chi connectivity index (χ4n) is 1.85. The van der Waals surface area contributed by atoms with Crippen LogP contribution < -0.4 is 14.9 Å². The average molecular weight is 335 g/mol. The van der Waals surface area contributed by atoms with Gasteiger partial charge in [0, 0.05) is 23.5 Å². The molecule has 126 valence electrons. The molecular weight excluding hydrogens is 320 g/mol. The van der Waals surface area contributed by atoms with Crippen molar-refractivity contribution < 1.29 is 23.0 Å². The Morgan fingerprint density at radius 2 is 1.88 bits per heavy atom. The molecule has 1 N–H and O–H groups in total. The van der Waals surface area contributed by atoms with Gasteiger partial charge in [-0.1, -0.05) is 0 Å². The third-order valence-corrected chi connectivity index (χ3v) is 3.07. The van der Waals surface area contributed by atoms with Gasteiger partial charge in [0.2, 0.25) is 0 Å². The molecule has 0 unspecified atom stereocenters. The second-order valence-electron chi connectivity index (χ2n) is 4.62. The Morgan fingerprint density at radius 1 is 1.17 bits per heavy atom. The summed E-state index contributed by atoms with van der Waals surface area (Å²) in [5.74, 6) is -0.325. The lowest BCUT2D eigenvalue weighted by Crippen LogP contribution is -2.19. The molecule has 24 heavy (non-hydrogen) atoms. The molecule has 0 aliphatic heterocycles. The van der Waals surface area contributed by atoms with Gasteiger partial charge in [-0.3, -0.25) is 9.78 Å². The minimum atomic E-state index is -2.95. The summed E-state index contributed by atoms with van der Waals surface area (Å²) in [7, 11) is 1.34. The zero-order chi connectivity index (χ0) is 17.5. The van der Waals surface area contributed by atoms with Gasteiger partial charge in [-0.05, 0) is 37.3 Å². The summed E-state index contributed by atoms with van der Waals surface area (Å²) < 4.78 is 34.0. The zero-order valence-corrected chi connectivity index (χ0v) is 13.0. The highest BCUT2D eigenvalue weighted by molar-refractivity contribution is 6.01. The third kappa shape index (κ3) is 4.48. The van der Waals surface area contributed by atoms with Gasteiger partial charge in [-0.25, -0.2) is 5.43 Å². The van der Waals surface area contributed by atoms with Crippen LogP contribution in [0, 0.1) is 0 Å². The molecule has 1 aromatic heterocycles. The van der Waals surface area contributed by atoms with E-state index in [9.17, 15) is 13.6 Å². The standard InChI is InChI=1S/C16H15F2N3O3/c1-10(20-21-15(22)11-5-7-19-8-6-11)12-3-4-13(24-16(17)18)14(9-12)23-2/h3-9,16H,1-2H3,(H,21,22)/b20-10-. The van der Waals surface area contributed by atoms with Crippen LogP contribution in [0.3, 0.4) is 0 Å². The SMILES string of the molecule is COc1cc(/C(C)=N\NC(=O)c2ccncc2)ccc1OC(F)F. The molecule has 0 spiro atoms. The fourth-order valence-corrected chi connectivity index (χ4v) is 1.85. The van der Waals surface area contributed by atoms with E-state index in [4.69, 9.17) is 4.74 Å². The molecule has 1 aromatic carbocycles. The number of hydrazone groups is 1. The van der Waals surface area contributed by atoms with Crippen molar-refractivity contribution in [2.24, 2.45) is 5.10 Å². The highest BCUT2D eigenvalue weighted by Gasteiger charge is 2.12. The molecule has 1 heterocycles. The van der Waals surface area contributed by atoms with Gasteiger partial charge in [0.05, 0.1) is 12.8 Å². The Labute approximate surface area is 137 Å². The zero-order valence-electron chi connectivity index (χ0n) is 13.0. The summed E-state index contributed by atoms with van der Waals surface area (Å²) in [6.07, 6.45) is 3.00. The number of methoxy groups -OCH3 is 1. The number of ether oxygens (including phenoxy) is 2. The highest BCUT2D eigenvalue weighted by atomic mass is 19.3. The van der Waals surface area contributed by atoms with E-state index < -0.39 is 6.61 Å². The summed E-state index contributed by atoms with van der Waals surface area (Å²) in [6.45, 7) is -1.28. The van der Waals surface area contributed by atoms with Gasteiger partial charge in [0.15, 0.2) is 11.5 Å². The number of amides is 1. The van der Waals surface area contributed by atoms with Crippen molar-refractivity contribution in [2.45, 2.75) is 13.5 Å². The topological polar surface area (TPSA) is 72.8 Å².